The zero-order valence-corrected chi connectivity index (χ0v) is 55.0. The van der Waals surface area contributed by atoms with E-state index in [4.69, 9.17) is 4.42 Å². The van der Waals surface area contributed by atoms with Gasteiger partial charge in [0.1, 0.15) is 11.2 Å². The number of rotatable bonds is 33. The number of thiophene rings is 2. The maximum Gasteiger partial charge on any atom is 0.261 e. The Labute approximate surface area is 509 Å². The van der Waals surface area contributed by atoms with Gasteiger partial charge in [0.05, 0.1) is 32.3 Å². The van der Waals surface area contributed by atoms with Gasteiger partial charge in [-0.3, -0.25) is 9.59 Å². The lowest BCUT2D eigenvalue weighted by Crippen LogP contribution is -2.34. The minimum absolute atomic E-state index is 0.0202. The second-order valence-corrected chi connectivity index (χ2v) is 28.1. The smallest absolute Gasteiger partial charge is 0.261 e. The molecule has 7 heteroatoms. The Morgan fingerprint density at radius 1 is 0.482 bits per heavy atom. The van der Waals surface area contributed by atoms with Crippen molar-refractivity contribution in [2.45, 2.75) is 242 Å². The molecule has 2 aliphatic rings. The number of benzene rings is 4. The summed E-state index contributed by atoms with van der Waals surface area (Å²) in [5.41, 5.74) is 7.23. The highest BCUT2D eigenvalue weighted by Gasteiger charge is 2.50. The first-order valence-electron chi connectivity index (χ1n) is 33.5. The Bertz CT molecular complexity index is 3300. The molecule has 5 nitrogen and oxygen atoms in total. The SMILES string of the molecule is CC.CCCCCCCCC(CCCCCC)CN1C(=O)C2=C(c3ccc(C(C)(C)C)s3)N(CC(CCCCCC)CCCCCCCC)C(=O)C2=C1c1ccc(-c2ccc3c4ccc(CC(C)C)cc4c4oc5ccccc5c4c3c2)s1. The number of amides is 2. The van der Waals surface area contributed by atoms with Crippen LogP contribution in [-0.4, -0.2) is 34.7 Å². The van der Waals surface area contributed by atoms with Crippen LogP contribution in [0.1, 0.15) is 250 Å². The Morgan fingerprint density at radius 3 is 1.48 bits per heavy atom. The van der Waals surface area contributed by atoms with Crippen molar-refractivity contribution in [2.75, 3.05) is 13.1 Å². The summed E-state index contributed by atoms with van der Waals surface area (Å²) in [6.07, 6.45) is 30.2. The average Bonchev–Trinajstić information content (AvgIpc) is 2.17. The van der Waals surface area contributed by atoms with E-state index in [0.717, 1.165) is 85.6 Å². The fourth-order valence-corrected chi connectivity index (χ4v) is 15.5. The number of hydrogen-bond donors (Lipinski definition) is 0. The van der Waals surface area contributed by atoms with Crippen LogP contribution in [0.4, 0.5) is 0 Å². The molecule has 0 saturated heterocycles. The number of carbonyl (C=O) groups excluding carboxylic acids is 2. The molecule has 2 unspecified atom stereocenters. The zero-order chi connectivity index (χ0) is 59.0. The van der Waals surface area contributed by atoms with Crippen LogP contribution >= 0.6 is 22.7 Å². The maximum absolute atomic E-state index is 16.1. The third-order valence-corrected chi connectivity index (χ3v) is 20.4. The molecular formula is C76H104N2O3S2. The lowest BCUT2D eigenvalue weighted by Gasteiger charge is -2.29. The van der Waals surface area contributed by atoms with Crippen molar-refractivity contribution < 1.29 is 14.0 Å². The van der Waals surface area contributed by atoms with Crippen molar-refractivity contribution in [3.05, 3.63) is 116 Å². The predicted octanol–water partition coefficient (Wildman–Crippen LogP) is 23.7. The molecule has 83 heavy (non-hydrogen) atoms. The summed E-state index contributed by atoms with van der Waals surface area (Å²) >= 11 is 3.52. The standard InChI is InChI=1S/C74H98N2O3S2.C2H6/c1-10-14-18-22-24-28-34-52(32-26-20-16-12-3)49-75-69(63-43-42-62(80-63)55-39-41-56-57-40-38-54(46-51(5)6)47-60(57)71-66(59(56)48-55)58-36-30-31-37-61(58)79-71)67-68(73(75)78)70(64-44-45-65(81-64)74(7,8)9)76(72(67)77)50-53(33-27-21-17-13-4)35-29-25-23-19-15-11-2;1-2/h30-31,36-45,47-48,51-53H,10-29,32-35,46,49-50H2,1-9H3;1-2H3. The summed E-state index contributed by atoms with van der Waals surface area (Å²) < 4.78 is 6.81. The topological polar surface area (TPSA) is 53.8 Å². The van der Waals surface area contributed by atoms with Crippen LogP contribution in [0.5, 0.6) is 0 Å². The fraction of sp³-hybridized carbons (Fsp3) is 0.553. The van der Waals surface area contributed by atoms with Gasteiger partial charge in [-0.25, -0.2) is 0 Å². The first-order valence-corrected chi connectivity index (χ1v) is 35.1. The number of fused-ring (bicyclic) bond motifs is 9. The second kappa shape index (κ2) is 30.9. The van der Waals surface area contributed by atoms with E-state index in [1.54, 1.807) is 22.7 Å². The molecule has 0 fully saturated rings. The van der Waals surface area contributed by atoms with Gasteiger partial charge in [-0.15, -0.1) is 22.7 Å². The number of unbranched alkanes of at least 4 members (excludes halogenated alkanes) is 16. The molecule has 9 rings (SSSR count). The Balaban J connectivity index is 0.00000445. The van der Waals surface area contributed by atoms with E-state index >= 15 is 9.59 Å². The summed E-state index contributed by atoms with van der Waals surface area (Å²) in [5.74, 6) is 1.31. The summed E-state index contributed by atoms with van der Waals surface area (Å²) in [6.45, 7) is 25.8. The molecule has 4 aromatic carbocycles. The van der Waals surface area contributed by atoms with Gasteiger partial charge in [0.15, 0.2) is 0 Å². The number of furan rings is 1. The summed E-state index contributed by atoms with van der Waals surface area (Å²) in [7, 11) is 0. The normalized spacial score (nSPS) is 14.7. The minimum Gasteiger partial charge on any atom is -0.455 e. The van der Waals surface area contributed by atoms with Gasteiger partial charge < -0.3 is 14.2 Å². The van der Waals surface area contributed by atoms with Crippen LogP contribution in [0.2, 0.25) is 0 Å². The second-order valence-electron chi connectivity index (χ2n) is 25.9. The lowest BCUT2D eigenvalue weighted by atomic mass is 9.93. The zero-order valence-electron chi connectivity index (χ0n) is 53.3. The summed E-state index contributed by atoms with van der Waals surface area (Å²) in [4.78, 5) is 40.9. The van der Waals surface area contributed by atoms with Gasteiger partial charge in [0, 0.05) is 39.0 Å². The molecule has 0 bridgehead atoms. The first-order chi connectivity index (χ1) is 40.3. The van der Waals surface area contributed by atoms with E-state index < -0.39 is 0 Å². The molecular weight excluding hydrogens is 1050 g/mol. The minimum atomic E-state index is -0.0605. The molecule has 0 radical (unpaired) electrons. The van der Waals surface area contributed by atoms with E-state index in [2.05, 4.69) is 157 Å². The van der Waals surface area contributed by atoms with Crippen molar-refractivity contribution in [1.82, 2.24) is 9.80 Å². The Hall–Kier alpha value is -4.98. The van der Waals surface area contributed by atoms with Crippen LogP contribution in [0.15, 0.2) is 100 Å². The molecule has 448 valence electrons. The van der Waals surface area contributed by atoms with Crippen LogP contribution in [-0.2, 0) is 21.4 Å². The number of hydrogen-bond acceptors (Lipinski definition) is 5. The Morgan fingerprint density at radius 2 is 0.952 bits per heavy atom. The van der Waals surface area contributed by atoms with E-state index in [1.165, 1.54) is 160 Å². The Kier molecular flexibility index (Phi) is 23.8. The fourth-order valence-electron chi connectivity index (χ4n) is 13.3. The molecule has 0 aliphatic carbocycles. The maximum atomic E-state index is 16.1. The van der Waals surface area contributed by atoms with Crippen LogP contribution < -0.4 is 0 Å². The van der Waals surface area contributed by atoms with E-state index in [9.17, 15) is 0 Å². The predicted molar refractivity (Wildman–Crippen MR) is 363 cm³/mol. The quantitative estimate of drug-likeness (QED) is 0.0304. The van der Waals surface area contributed by atoms with Crippen molar-refractivity contribution in [3.8, 4) is 10.4 Å². The van der Waals surface area contributed by atoms with Gasteiger partial charge in [-0.05, 0) is 125 Å². The van der Waals surface area contributed by atoms with Crippen LogP contribution in [0.25, 0.3) is 65.3 Å². The molecule has 0 N–H and O–H groups in total. The average molecular weight is 1160 g/mol. The molecule has 2 aliphatic heterocycles. The number of para-hydroxylation sites is 1. The van der Waals surface area contributed by atoms with Crippen molar-refractivity contribution in [2.24, 2.45) is 17.8 Å². The van der Waals surface area contributed by atoms with Gasteiger partial charge in [-0.1, -0.05) is 247 Å². The number of carbonyl (C=O) groups is 2. The third kappa shape index (κ3) is 15.4. The molecule has 0 spiro atoms. The molecule has 2 amide bonds. The van der Waals surface area contributed by atoms with Gasteiger partial charge >= 0.3 is 0 Å². The summed E-state index contributed by atoms with van der Waals surface area (Å²) in [5, 5.41) is 7.05. The van der Waals surface area contributed by atoms with E-state index in [1.807, 2.05) is 13.8 Å². The molecule has 7 aromatic rings. The van der Waals surface area contributed by atoms with Gasteiger partial charge in [-0.2, -0.15) is 0 Å². The van der Waals surface area contributed by atoms with E-state index in [0.29, 0.717) is 42.0 Å². The molecule has 3 aromatic heterocycles. The van der Waals surface area contributed by atoms with Gasteiger partial charge in [0.25, 0.3) is 11.8 Å². The van der Waals surface area contributed by atoms with Crippen molar-refractivity contribution in [3.63, 3.8) is 0 Å². The first kappa shape index (κ1) is 64.0. The highest BCUT2D eigenvalue weighted by Crippen LogP contribution is 2.52. The number of nitrogens with zero attached hydrogens (tertiary/aromatic N) is 2. The van der Waals surface area contributed by atoms with Crippen molar-refractivity contribution >= 4 is 89.4 Å². The van der Waals surface area contributed by atoms with Crippen molar-refractivity contribution in [1.29, 1.82) is 0 Å². The van der Waals surface area contributed by atoms with Crippen LogP contribution in [0, 0.1) is 17.8 Å². The highest BCUT2D eigenvalue weighted by molar-refractivity contribution is 7.16. The summed E-state index contributed by atoms with van der Waals surface area (Å²) in [6, 6.07) is 31.4. The highest BCUT2D eigenvalue weighted by atomic mass is 32.1. The van der Waals surface area contributed by atoms with Gasteiger partial charge in [0.2, 0.25) is 0 Å². The molecule has 0 saturated carbocycles. The molecule has 5 heterocycles. The lowest BCUT2D eigenvalue weighted by molar-refractivity contribution is -0.124. The largest absolute Gasteiger partial charge is 0.455 e. The van der Waals surface area contributed by atoms with E-state index in [-0.39, 0.29) is 17.2 Å². The molecule has 2 atom stereocenters. The van der Waals surface area contributed by atoms with Crippen LogP contribution in [0.3, 0.4) is 0 Å². The third-order valence-electron chi connectivity index (χ3n) is 17.8. The monoisotopic (exact) mass is 1160 g/mol.